The summed E-state index contributed by atoms with van der Waals surface area (Å²) >= 11 is 0. The van der Waals surface area contributed by atoms with Crippen molar-refractivity contribution in [1.29, 1.82) is 0 Å². The minimum atomic E-state index is -0.502. The predicted octanol–water partition coefficient (Wildman–Crippen LogP) is 3.45. The quantitative estimate of drug-likeness (QED) is 0.789. The van der Waals surface area contributed by atoms with Gasteiger partial charge in [-0.15, -0.1) is 0 Å². The molecular weight excluding hydrogens is 368 g/mol. The average Bonchev–Trinajstić information content (AvgIpc) is 3.07. The second kappa shape index (κ2) is 7.54. The lowest BCUT2D eigenvalue weighted by molar-refractivity contribution is -0.127. The molecule has 2 aromatic rings. The largest absolute Gasteiger partial charge is 0.444 e. The van der Waals surface area contributed by atoms with Crippen molar-refractivity contribution in [3.05, 3.63) is 41.7 Å². The Kier molecular flexibility index (Phi) is 5.06. The summed E-state index contributed by atoms with van der Waals surface area (Å²) in [6.45, 7) is 7.98. The first-order valence-electron chi connectivity index (χ1n) is 10.2. The molecule has 2 aliphatic rings. The molecular formula is C22H28N4O3. The molecule has 2 saturated heterocycles. The van der Waals surface area contributed by atoms with Crippen molar-refractivity contribution in [3.63, 3.8) is 0 Å². The first-order chi connectivity index (χ1) is 13.8. The van der Waals surface area contributed by atoms with Crippen LogP contribution in [-0.4, -0.2) is 63.5 Å². The van der Waals surface area contributed by atoms with Crippen LogP contribution in [0.5, 0.6) is 0 Å². The fraction of sp³-hybridized carbons (Fsp3) is 0.500. The van der Waals surface area contributed by atoms with E-state index in [0.717, 1.165) is 37.2 Å². The summed E-state index contributed by atoms with van der Waals surface area (Å²) < 4.78 is 5.35. The van der Waals surface area contributed by atoms with Crippen molar-refractivity contribution in [2.24, 2.45) is 0 Å². The van der Waals surface area contributed by atoms with Gasteiger partial charge in [0.1, 0.15) is 11.2 Å². The highest BCUT2D eigenvalue weighted by atomic mass is 16.6. The van der Waals surface area contributed by atoms with Crippen LogP contribution in [0.2, 0.25) is 0 Å². The predicted molar refractivity (Wildman–Crippen MR) is 111 cm³/mol. The Hall–Kier alpha value is -2.83. The zero-order chi connectivity index (χ0) is 20.6. The number of aromatic nitrogens is 2. The number of hydrogen-bond donors (Lipinski definition) is 1. The van der Waals surface area contributed by atoms with E-state index in [4.69, 9.17) is 4.74 Å². The zero-order valence-electron chi connectivity index (χ0n) is 17.3. The molecule has 2 amide bonds. The molecule has 0 aromatic carbocycles. The number of pyridine rings is 1. The van der Waals surface area contributed by atoms with Crippen molar-refractivity contribution in [3.8, 4) is 0 Å². The van der Waals surface area contributed by atoms with Gasteiger partial charge < -0.3 is 19.5 Å². The number of rotatable bonds is 2. The van der Waals surface area contributed by atoms with Gasteiger partial charge in [-0.05, 0) is 62.8 Å². The molecule has 2 aromatic heterocycles. The van der Waals surface area contributed by atoms with Gasteiger partial charge in [0.15, 0.2) is 0 Å². The Balaban J connectivity index is 1.29. The second-order valence-electron chi connectivity index (χ2n) is 8.88. The molecule has 0 bridgehead atoms. The van der Waals surface area contributed by atoms with Crippen LogP contribution in [0.4, 0.5) is 4.79 Å². The number of carbonyl (C=O) groups excluding carboxylic acids is 2. The minimum Gasteiger partial charge on any atom is -0.444 e. The number of piperidine rings is 1. The maximum Gasteiger partial charge on any atom is 0.410 e. The van der Waals surface area contributed by atoms with Crippen LogP contribution in [0.15, 0.2) is 36.2 Å². The van der Waals surface area contributed by atoms with Crippen LogP contribution < -0.4 is 0 Å². The Morgan fingerprint density at radius 2 is 1.93 bits per heavy atom. The molecule has 2 aliphatic heterocycles. The molecule has 2 fully saturated rings. The number of hydrogen-bond acceptors (Lipinski definition) is 4. The summed E-state index contributed by atoms with van der Waals surface area (Å²) in [7, 11) is 0. The average molecular weight is 396 g/mol. The van der Waals surface area contributed by atoms with Crippen molar-refractivity contribution in [1.82, 2.24) is 19.8 Å². The van der Waals surface area contributed by atoms with E-state index in [1.807, 2.05) is 31.7 Å². The zero-order valence-corrected chi connectivity index (χ0v) is 17.3. The van der Waals surface area contributed by atoms with E-state index in [1.54, 1.807) is 17.2 Å². The first-order valence-corrected chi connectivity index (χ1v) is 10.2. The molecule has 1 N–H and O–H groups in total. The molecule has 0 unspecified atom stereocenters. The fourth-order valence-electron chi connectivity index (χ4n) is 3.98. The van der Waals surface area contributed by atoms with E-state index in [9.17, 15) is 9.59 Å². The Bertz CT molecular complexity index is 940. The van der Waals surface area contributed by atoms with Crippen LogP contribution in [0.1, 0.15) is 45.1 Å². The van der Waals surface area contributed by atoms with Gasteiger partial charge in [0.25, 0.3) is 0 Å². The number of carbonyl (C=O) groups is 2. The van der Waals surface area contributed by atoms with Crippen LogP contribution in [-0.2, 0) is 9.53 Å². The maximum absolute atomic E-state index is 12.6. The van der Waals surface area contributed by atoms with Gasteiger partial charge in [0.05, 0.1) is 0 Å². The monoisotopic (exact) mass is 396 g/mol. The van der Waals surface area contributed by atoms with Gasteiger partial charge in [-0.3, -0.25) is 4.79 Å². The number of nitrogens with one attached hydrogen (secondary N) is 1. The molecule has 4 heterocycles. The van der Waals surface area contributed by atoms with E-state index in [-0.39, 0.29) is 12.0 Å². The molecule has 0 spiro atoms. The van der Waals surface area contributed by atoms with Gasteiger partial charge in [-0.25, -0.2) is 9.78 Å². The molecule has 4 rings (SSSR count). The van der Waals surface area contributed by atoms with Crippen molar-refractivity contribution in [2.45, 2.75) is 45.1 Å². The molecule has 0 aliphatic carbocycles. The van der Waals surface area contributed by atoms with E-state index in [2.05, 4.69) is 22.2 Å². The second-order valence-corrected chi connectivity index (χ2v) is 8.88. The van der Waals surface area contributed by atoms with E-state index < -0.39 is 5.60 Å². The summed E-state index contributed by atoms with van der Waals surface area (Å²) in [5, 5.41) is 1.18. The normalized spacial score (nSPS) is 18.0. The third kappa shape index (κ3) is 4.28. The third-order valence-corrected chi connectivity index (χ3v) is 5.50. The van der Waals surface area contributed by atoms with Gasteiger partial charge in [-0.2, -0.15) is 0 Å². The topological polar surface area (TPSA) is 78.5 Å². The number of ether oxygens (including phenoxy) is 1. The van der Waals surface area contributed by atoms with Crippen LogP contribution in [0.25, 0.3) is 11.0 Å². The van der Waals surface area contributed by atoms with Gasteiger partial charge >= 0.3 is 6.09 Å². The minimum absolute atomic E-state index is 0.0443. The van der Waals surface area contributed by atoms with Gasteiger partial charge in [0, 0.05) is 50.0 Å². The fourth-order valence-corrected chi connectivity index (χ4v) is 3.98. The van der Waals surface area contributed by atoms with Crippen molar-refractivity contribution in [2.75, 3.05) is 26.2 Å². The summed E-state index contributed by atoms with van der Waals surface area (Å²) in [4.78, 5) is 35.7. The van der Waals surface area contributed by atoms with Crippen molar-refractivity contribution < 1.29 is 14.3 Å². The third-order valence-electron chi connectivity index (χ3n) is 5.50. The van der Waals surface area contributed by atoms with E-state index >= 15 is 0 Å². The number of nitrogens with zero attached hydrogens (tertiary/aromatic N) is 3. The molecule has 0 radical (unpaired) electrons. The summed E-state index contributed by atoms with van der Waals surface area (Å²) in [6, 6.07) is 4.06. The maximum atomic E-state index is 12.6. The highest BCUT2D eigenvalue weighted by Gasteiger charge is 2.31. The standard InChI is InChI=1S/C22H28N4O3/c1-22(2,3)29-21(28)26-13-15(14-26)11-19(27)25-9-6-16(7-10-25)18-12-24-20-17(18)5-4-8-23-20/h4-5,8,11-12,16H,6-7,9-10,13-14H2,1-3H3,(H,23,24). The molecule has 7 nitrogen and oxygen atoms in total. The first kappa shape index (κ1) is 19.5. The lowest BCUT2D eigenvalue weighted by Gasteiger charge is -2.36. The van der Waals surface area contributed by atoms with Crippen LogP contribution >= 0.6 is 0 Å². The van der Waals surface area contributed by atoms with Crippen LogP contribution in [0, 0.1) is 0 Å². The summed E-state index contributed by atoms with van der Waals surface area (Å²) in [6.07, 6.45) is 7.11. The highest BCUT2D eigenvalue weighted by Crippen LogP contribution is 2.32. The van der Waals surface area contributed by atoms with Gasteiger partial charge in [0.2, 0.25) is 5.91 Å². The number of H-pyrrole nitrogens is 1. The molecule has 154 valence electrons. The SMILES string of the molecule is CC(C)(C)OC(=O)N1CC(=CC(=O)N2CCC(c3c[nH]c4ncccc34)CC2)C1. The Morgan fingerprint density at radius 1 is 1.21 bits per heavy atom. The molecule has 7 heteroatoms. The Morgan fingerprint density at radius 3 is 2.62 bits per heavy atom. The Labute approximate surface area is 170 Å². The lowest BCUT2D eigenvalue weighted by atomic mass is 9.89. The number of likely N-dealkylation sites (tertiary alicyclic amines) is 2. The molecule has 0 saturated carbocycles. The van der Waals surface area contributed by atoms with E-state index in [0.29, 0.717) is 19.0 Å². The van der Waals surface area contributed by atoms with E-state index in [1.165, 1.54) is 10.9 Å². The van der Waals surface area contributed by atoms with Crippen molar-refractivity contribution >= 4 is 23.0 Å². The molecule has 0 atom stereocenters. The highest BCUT2D eigenvalue weighted by molar-refractivity contribution is 5.89. The number of amides is 2. The number of aromatic amines is 1. The van der Waals surface area contributed by atoms with Crippen LogP contribution in [0.3, 0.4) is 0 Å². The molecule has 29 heavy (non-hydrogen) atoms. The van der Waals surface area contributed by atoms with Gasteiger partial charge in [-0.1, -0.05) is 0 Å². The summed E-state index contributed by atoms with van der Waals surface area (Å²) in [5.41, 5.74) is 2.69. The lowest BCUT2D eigenvalue weighted by Crippen LogP contribution is -2.47. The smallest absolute Gasteiger partial charge is 0.410 e. The summed E-state index contributed by atoms with van der Waals surface area (Å²) in [5.74, 6) is 0.485. The number of fused-ring (bicyclic) bond motifs is 1.